The third kappa shape index (κ3) is 4.70. The molecule has 5 nitrogen and oxygen atoms in total. The van der Waals surface area contributed by atoms with Crippen LogP contribution >= 0.6 is 31.5 Å². The van der Waals surface area contributed by atoms with Crippen LogP contribution < -0.4 is 10.2 Å². The summed E-state index contributed by atoms with van der Waals surface area (Å²) in [6.45, 7) is 16.5. The van der Waals surface area contributed by atoms with Gasteiger partial charge in [0.05, 0.1) is 59.3 Å². The van der Waals surface area contributed by atoms with E-state index in [0.29, 0.717) is 0 Å². The van der Waals surface area contributed by atoms with Crippen LogP contribution in [0.2, 0.25) is 0 Å². The lowest BCUT2D eigenvalue weighted by atomic mass is 10.3. The standard InChI is InChI=1S/C19H33N3O2P.HI/c1-4-20(5-2)18-6-8-19(9-7-18)25(3,21-10-14-23-15-11-21)22-12-16-24-17-13-22;/h6-9H,4-5,10-17H2,1-3H3;1H/q+1;. The Bertz CT molecular complexity index is 512. The number of anilines is 1. The number of hydrogen-bond donors (Lipinski definition) is 0. The van der Waals surface area contributed by atoms with Crippen LogP contribution in [-0.2, 0) is 9.47 Å². The minimum atomic E-state index is -1.55. The van der Waals surface area contributed by atoms with Gasteiger partial charge in [0, 0.05) is 18.8 Å². The van der Waals surface area contributed by atoms with Crippen LogP contribution in [0.5, 0.6) is 0 Å². The third-order valence-electron chi connectivity index (χ3n) is 5.54. The SMILES string of the molecule is CCN(CC)c1ccc([P+](C)(N2CCOCC2)N2CCOCC2)cc1.I. The number of hydrogen-bond acceptors (Lipinski definition) is 5. The second kappa shape index (κ2) is 10.5. The van der Waals surface area contributed by atoms with E-state index in [1.54, 1.807) is 0 Å². The molecule has 0 radical (unpaired) electrons. The largest absolute Gasteiger partial charge is 0.378 e. The predicted molar refractivity (Wildman–Crippen MR) is 123 cm³/mol. The highest BCUT2D eigenvalue weighted by atomic mass is 127. The van der Waals surface area contributed by atoms with Crippen molar-refractivity contribution in [3.63, 3.8) is 0 Å². The Hall–Kier alpha value is 0.0200. The number of benzene rings is 1. The van der Waals surface area contributed by atoms with Gasteiger partial charge in [0.15, 0.2) is 7.56 Å². The molecule has 0 saturated carbocycles. The van der Waals surface area contributed by atoms with E-state index in [9.17, 15) is 0 Å². The van der Waals surface area contributed by atoms with E-state index in [4.69, 9.17) is 9.47 Å². The second-order valence-corrected chi connectivity index (χ2v) is 10.2. The van der Waals surface area contributed by atoms with Gasteiger partial charge in [0.1, 0.15) is 5.30 Å². The summed E-state index contributed by atoms with van der Waals surface area (Å²) in [7, 11) is -1.55. The normalized spacial score (nSPS) is 19.8. The highest BCUT2D eigenvalue weighted by Crippen LogP contribution is 2.60. The minimum Gasteiger partial charge on any atom is -0.378 e. The number of halogens is 1. The van der Waals surface area contributed by atoms with Crippen molar-refractivity contribution in [2.75, 3.05) is 77.3 Å². The summed E-state index contributed by atoms with van der Waals surface area (Å²) in [6.07, 6.45) is 0. The number of rotatable bonds is 6. The molecule has 0 spiro atoms. The van der Waals surface area contributed by atoms with Crippen LogP contribution in [0.15, 0.2) is 24.3 Å². The lowest BCUT2D eigenvalue weighted by Gasteiger charge is -2.43. The van der Waals surface area contributed by atoms with Crippen molar-refractivity contribution < 1.29 is 9.47 Å². The Kier molecular flexibility index (Phi) is 9.04. The van der Waals surface area contributed by atoms with Crippen molar-refractivity contribution in [2.24, 2.45) is 0 Å². The zero-order chi connectivity index (χ0) is 17.7. The zero-order valence-corrected chi connectivity index (χ0v) is 19.6. The van der Waals surface area contributed by atoms with E-state index in [2.05, 4.69) is 59.0 Å². The highest BCUT2D eigenvalue weighted by Gasteiger charge is 2.49. The maximum atomic E-state index is 5.62. The Morgan fingerprint density at radius 3 is 1.65 bits per heavy atom. The van der Waals surface area contributed by atoms with E-state index < -0.39 is 7.56 Å². The van der Waals surface area contributed by atoms with E-state index >= 15 is 0 Å². The van der Waals surface area contributed by atoms with Gasteiger partial charge in [0.2, 0.25) is 0 Å². The fourth-order valence-electron chi connectivity index (χ4n) is 3.93. The molecule has 0 bridgehead atoms. The summed E-state index contributed by atoms with van der Waals surface area (Å²) in [5.74, 6) is 0. The highest BCUT2D eigenvalue weighted by molar-refractivity contribution is 14.0. The molecule has 0 N–H and O–H groups in total. The van der Waals surface area contributed by atoms with Crippen molar-refractivity contribution in [3.8, 4) is 0 Å². The number of ether oxygens (including phenoxy) is 2. The molecular weight excluding hydrogens is 460 g/mol. The summed E-state index contributed by atoms with van der Waals surface area (Å²) in [5, 5.41) is 1.48. The molecule has 3 rings (SSSR count). The molecule has 0 unspecified atom stereocenters. The molecule has 2 aliphatic rings. The van der Waals surface area contributed by atoms with Crippen LogP contribution in [0.1, 0.15) is 13.8 Å². The maximum Gasteiger partial charge on any atom is 0.183 e. The van der Waals surface area contributed by atoms with Crippen molar-refractivity contribution in [3.05, 3.63) is 24.3 Å². The molecule has 0 amide bonds. The van der Waals surface area contributed by atoms with Crippen molar-refractivity contribution in [1.82, 2.24) is 9.34 Å². The Morgan fingerprint density at radius 2 is 1.27 bits per heavy atom. The summed E-state index contributed by atoms with van der Waals surface area (Å²) in [4.78, 5) is 2.41. The minimum absolute atomic E-state index is 0. The predicted octanol–water partition coefficient (Wildman–Crippen LogP) is 2.92. The van der Waals surface area contributed by atoms with Crippen LogP contribution in [0.25, 0.3) is 0 Å². The molecule has 7 heteroatoms. The van der Waals surface area contributed by atoms with E-state index in [1.807, 2.05) is 0 Å². The summed E-state index contributed by atoms with van der Waals surface area (Å²) < 4.78 is 16.6. The van der Waals surface area contributed by atoms with Gasteiger partial charge in [-0.05, 0) is 38.1 Å². The average Bonchev–Trinajstić information content (AvgIpc) is 2.70. The van der Waals surface area contributed by atoms with E-state index in [-0.39, 0.29) is 24.0 Å². The molecule has 26 heavy (non-hydrogen) atoms. The first-order valence-electron chi connectivity index (χ1n) is 9.58. The molecule has 2 aliphatic heterocycles. The summed E-state index contributed by atoms with van der Waals surface area (Å²) >= 11 is 0. The van der Waals surface area contributed by atoms with Crippen LogP contribution in [-0.4, -0.2) is 81.7 Å². The first-order valence-corrected chi connectivity index (χ1v) is 11.7. The first-order chi connectivity index (χ1) is 12.2. The van der Waals surface area contributed by atoms with Gasteiger partial charge >= 0.3 is 0 Å². The number of nitrogens with zero attached hydrogens (tertiary/aromatic N) is 3. The molecule has 1 aromatic rings. The van der Waals surface area contributed by atoms with Crippen LogP contribution in [0.3, 0.4) is 0 Å². The molecule has 2 fully saturated rings. The van der Waals surface area contributed by atoms with Gasteiger partial charge in [-0.25, -0.2) is 0 Å². The topological polar surface area (TPSA) is 28.2 Å². The van der Waals surface area contributed by atoms with Gasteiger partial charge in [-0.2, -0.15) is 9.34 Å². The van der Waals surface area contributed by atoms with Gasteiger partial charge in [-0.15, -0.1) is 24.0 Å². The smallest absolute Gasteiger partial charge is 0.183 e. The summed E-state index contributed by atoms with van der Waals surface area (Å²) in [5.41, 5.74) is 1.32. The maximum absolute atomic E-state index is 5.62. The quantitative estimate of drug-likeness (QED) is 0.448. The lowest BCUT2D eigenvalue weighted by molar-refractivity contribution is 0.0570. The molecule has 1 aromatic carbocycles. The summed E-state index contributed by atoms with van der Waals surface area (Å²) in [6, 6.07) is 9.35. The van der Waals surface area contributed by atoms with Crippen LogP contribution in [0, 0.1) is 0 Å². The van der Waals surface area contributed by atoms with Crippen molar-refractivity contribution in [1.29, 1.82) is 0 Å². The molecule has 148 valence electrons. The van der Waals surface area contributed by atoms with Gasteiger partial charge in [-0.1, -0.05) is 0 Å². The lowest BCUT2D eigenvalue weighted by Crippen LogP contribution is -2.49. The average molecular weight is 494 g/mol. The Balaban J connectivity index is 0.00000243. The van der Waals surface area contributed by atoms with Crippen LogP contribution in [0.4, 0.5) is 5.69 Å². The Labute approximate surface area is 176 Å². The van der Waals surface area contributed by atoms with E-state index in [1.165, 1.54) is 11.0 Å². The number of morpholine rings is 2. The molecule has 0 atom stereocenters. The molecule has 0 aliphatic carbocycles. The second-order valence-electron chi connectivity index (χ2n) is 6.73. The van der Waals surface area contributed by atoms with Gasteiger partial charge in [0.25, 0.3) is 0 Å². The molecule has 2 saturated heterocycles. The van der Waals surface area contributed by atoms with Crippen molar-refractivity contribution >= 4 is 42.5 Å². The first kappa shape index (κ1) is 22.3. The monoisotopic (exact) mass is 494 g/mol. The van der Waals surface area contributed by atoms with Crippen molar-refractivity contribution in [2.45, 2.75) is 13.8 Å². The van der Waals surface area contributed by atoms with Gasteiger partial charge in [-0.3, -0.25) is 0 Å². The molecular formula is C19H34IN3O2P+. The zero-order valence-electron chi connectivity index (χ0n) is 16.4. The van der Waals surface area contributed by atoms with Gasteiger partial charge < -0.3 is 14.4 Å². The third-order valence-corrected chi connectivity index (χ3v) is 9.82. The van der Waals surface area contributed by atoms with E-state index in [0.717, 1.165) is 65.7 Å². The fraction of sp³-hybridized carbons (Fsp3) is 0.684. The fourth-order valence-corrected chi connectivity index (χ4v) is 7.54. The Morgan fingerprint density at radius 1 is 0.846 bits per heavy atom. The molecule has 0 aromatic heterocycles. The molecule has 2 heterocycles.